The van der Waals surface area contributed by atoms with E-state index in [0.29, 0.717) is 55.9 Å². The molecule has 0 fully saturated rings. The number of nitrogens with zero attached hydrogens (tertiary/aromatic N) is 6. The van der Waals surface area contributed by atoms with E-state index in [-0.39, 0.29) is 0 Å². The monoisotopic (exact) mass is 582 g/mol. The number of hydrogen-bond donors (Lipinski definition) is 2. The molecule has 9 rings (SSSR count). The highest BCUT2D eigenvalue weighted by molar-refractivity contribution is 6.43. The summed E-state index contributed by atoms with van der Waals surface area (Å²) < 4.78 is 0. The minimum absolute atomic E-state index is 0.417. The fourth-order valence-electron chi connectivity index (χ4n) is 5.63. The molecule has 3 aromatic heterocycles. The SMILES string of the molecule is Clc1cc2c3nc4nc(nc5[nH]c(nc6nc(nc([nH]3)c2cc1Cl)-c1ccccc1-6)c1ccccc51)-c1ccccc1-4. The van der Waals surface area contributed by atoms with Gasteiger partial charge >= 0.3 is 0 Å². The first-order valence-electron chi connectivity index (χ1n) is 13.2. The van der Waals surface area contributed by atoms with E-state index in [2.05, 4.69) is 9.97 Å². The highest BCUT2D eigenvalue weighted by Gasteiger charge is 2.22. The van der Waals surface area contributed by atoms with Crippen LogP contribution in [-0.2, 0) is 0 Å². The van der Waals surface area contributed by atoms with Crippen molar-refractivity contribution in [2.75, 3.05) is 0 Å². The Balaban J connectivity index is 1.52. The molecule has 0 saturated carbocycles. The number of rotatable bonds is 0. The van der Waals surface area contributed by atoms with Crippen LogP contribution in [0.3, 0.4) is 0 Å². The summed E-state index contributed by atoms with van der Waals surface area (Å²) in [4.78, 5) is 36.6. The van der Waals surface area contributed by atoms with Crippen LogP contribution in [0, 0.1) is 0 Å². The van der Waals surface area contributed by atoms with E-state index in [1.807, 2.05) is 72.8 Å². The standard InChI is InChI=1S/C32H16Cl2N8/c33-23-13-21-22(14-24(23)34)32-41-30-20-12-6-4-10-18(20)28(39-30)37-26-16-8-2-1-7-15(16)25(35-26)36-27-17-9-3-5-11-19(17)29(38-27)40-31(21)42-32/h1-14H,(H2,35,36,37,38,39,40,41,42). The first-order valence-corrected chi connectivity index (χ1v) is 14.0. The Morgan fingerprint density at radius 3 is 1.05 bits per heavy atom. The number of halogens is 2. The first-order chi connectivity index (χ1) is 20.6. The molecule has 4 aromatic carbocycles. The molecule has 0 radical (unpaired) electrons. The van der Waals surface area contributed by atoms with Gasteiger partial charge in [-0.25, -0.2) is 29.9 Å². The van der Waals surface area contributed by atoms with Crippen molar-refractivity contribution < 1.29 is 0 Å². The largest absolute Gasteiger partial charge is 0.324 e. The van der Waals surface area contributed by atoms with Crippen LogP contribution in [0.2, 0.25) is 10.0 Å². The summed E-state index contributed by atoms with van der Waals surface area (Å²) in [7, 11) is 0. The van der Waals surface area contributed by atoms with Crippen molar-refractivity contribution in [1.29, 1.82) is 0 Å². The lowest BCUT2D eigenvalue weighted by Crippen LogP contribution is -1.82. The lowest BCUT2D eigenvalue weighted by atomic mass is 10.1. The second kappa shape index (κ2) is 8.66. The Morgan fingerprint density at radius 2 is 0.690 bits per heavy atom. The Morgan fingerprint density at radius 1 is 0.381 bits per heavy atom. The Kier molecular flexibility index (Phi) is 4.85. The predicted molar refractivity (Wildman–Crippen MR) is 166 cm³/mol. The molecule has 0 saturated heterocycles. The number of H-pyrrole nitrogens is 2. The molecule has 8 nitrogen and oxygen atoms in total. The normalized spacial score (nSPS) is 12.0. The third-order valence-electron chi connectivity index (χ3n) is 7.59. The van der Waals surface area contributed by atoms with Crippen LogP contribution in [0.15, 0.2) is 84.9 Å². The molecule has 10 heteroatoms. The van der Waals surface area contributed by atoms with Crippen LogP contribution < -0.4 is 0 Å². The van der Waals surface area contributed by atoms with Gasteiger partial charge in [0.15, 0.2) is 23.3 Å². The average molecular weight is 583 g/mol. The number of fused-ring (bicyclic) bond motifs is 20. The van der Waals surface area contributed by atoms with Crippen molar-refractivity contribution in [3.63, 3.8) is 0 Å². The maximum absolute atomic E-state index is 6.47. The molecule has 0 atom stereocenters. The fraction of sp³-hybridized carbons (Fsp3) is 0. The topological polar surface area (TPSA) is 109 Å². The molecule has 7 aromatic rings. The molecule has 0 aliphatic carbocycles. The Hall–Kier alpha value is -5.18. The van der Waals surface area contributed by atoms with E-state index in [1.54, 1.807) is 12.1 Å². The zero-order valence-corrected chi connectivity index (χ0v) is 23.0. The van der Waals surface area contributed by atoms with Gasteiger partial charge in [0, 0.05) is 43.8 Å². The smallest absolute Gasteiger partial charge is 0.164 e. The molecule has 0 unspecified atom stereocenters. The molecule has 2 aliphatic rings. The highest BCUT2D eigenvalue weighted by atomic mass is 35.5. The summed E-state index contributed by atoms with van der Waals surface area (Å²) in [5.41, 5.74) is 5.92. The predicted octanol–water partition coefficient (Wildman–Crippen LogP) is 8.18. The zero-order chi connectivity index (χ0) is 27.9. The number of aromatic amines is 2. The number of nitrogens with one attached hydrogen (secondary N) is 2. The van der Waals surface area contributed by atoms with E-state index in [0.717, 1.165) is 43.8 Å². The Bertz CT molecular complexity index is 2300. The third-order valence-corrected chi connectivity index (χ3v) is 8.32. The minimum Gasteiger partial charge on any atom is -0.324 e. The van der Waals surface area contributed by atoms with Gasteiger partial charge in [0.25, 0.3) is 0 Å². The summed E-state index contributed by atoms with van der Waals surface area (Å²) in [6.45, 7) is 0. The summed E-state index contributed by atoms with van der Waals surface area (Å²) >= 11 is 12.9. The van der Waals surface area contributed by atoms with E-state index >= 15 is 0 Å². The maximum Gasteiger partial charge on any atom is 0.164 e. The minimum atomic E-state index is 0.417. The van der Waals surface area contributed by atoms with Crippen molar-refractivity contribution in [3.8, 4) is 45.6 Å². The van der Waals surface area contributed by atoms with Gasteiger partial charge in [-0.15, -0.1) is 0 Å². The summed E-state index contributed by atoms with van der Waals surface area (Å²) in [5, 5.41) is 4.22. The zero-order valence-electron chi connectivity index (χ0n) is 21.5. The molecule has 0 spiro atoms. The van der Waals surface area contributed by atoms with Gasteiger partial charge in [0.2, 0.25) is 0 Å². The fourth-order valence-corrected chi connectivity index (χ4v) is 5.96. The highest BCUT2D eigenvalue weighted by Crippen LogP contribution is 2.37. The van der Waals surface area contributed by atoms with Gasteiger partial charge in [-0.05, 0) is 12.1 Å². The van der Waals surface area contributed by atoms with Crippen molar-refractivity contribution >= 4 is 67.3 Å². The summed E-state index contributed by atoms with van der Waals surface area (Å²) in [5.74, 6) is 2.15. The molecule has 2 aliphatic heterocycles. The van der Waals surface area contributed by atoms with E-state index in [1.165, 1.54) is 0 Å². The van der Waals surface area contributed by atoms with Crippen LogP contribution in [0.4, 0.5) is 0 Å². The number of aromatic nitrogens is 8. The van der Waals surface area contributed by atoms with Gasteiger partial charge in [-0.1, -0.05) is 96.0 Å². The number of hydrogen-bond acceptors (Lipinski definition) is 6. The lowest BCUT2D eigenvalue weighted by Gasteiger charge is -1.97. The van der Waals surface area contributed by atoms with Crippen LogP contribution in [0.1, 0.15) is 0 Å². The van der Waals surface area contributed by atoms with Gasteiger partial charge in [0.05, 0.1) is 10.0 Å². The van der Waals surface area contributed by atoms with E-state index in [9.17, 15) is 0 Å². The third kappa shape index (κ3) is 3.43. The molecule has 0 amide bonds. The van der Waals surface area contributed by atoms with Crippen molar-refractivity contribution in [1.82, 2.24) is 39.9 Å². The summed E-state index contributed by atoms with van der Waals surface area (Å²) in [6, 6.07) is 27.4. The number of benzene rings is 4. The average Bonchev–Trinajstić information content (AvgIpc) is 3.73. The second-order valence-corrected chi connectivity index (χ2v) is 10.9. The van der Waals surface area contributed by atoms with Gasteiger partial charge < -0.3 is 9.97 Å². The Labute approximate surface area is 247 Å². The first kappa shape index (κ1) is 23.5. The van der Waals surface area contributed by atoms with E-state index in [4.69, 9.17) is 53.1 Å². The van der Waals surface area contributed by atoms with Gasteiger partial charge in [-0.3, -0.25) is 0 Å². The van der Waals surface area contributed by atoms with Crippen molar-refractivity contribution in [3.05, 3.63) is 95.0 Å². The molecule has 5 heterocycles. The van der Waals surface area contributed by atoms with Gasteiger partial charge in [0.1, 0.15) is 22.6 Å². The van der Waals surface area contributed by atoms with Crippen LogP contribution in [0.5, 0.6) is 0 Å². The van der Waals surface area contributed by atoms with Crippen LogP contribution in [-0.4, -0.2) is 39.9 Å². The summed E-state index contributed by atoms with van der Waals surface area (Å²) in [6.07, 6.45) is 0. The lowest BCUT2D eigenvalue weighted by molar-refractivity contribution is 1.19. The second-order valence-electron chi connectivity index (χ2n) is 10.1. The molecule has 8 bridgehead atoms. The quantitative estimate of drug-likeness (QED) is 0.186. The molecule has 42 heavy (non-hydrogen) atoms. The molecular weight excluding hydrogens is 567 g/mol. The van der Waals surface area contributed by atoms with E-state index < -0.39 is 0 Å². The molecular formula is C32H16Cl2N8. The maximum atomic E-state index is 6.47. The van der Waals surface area contributed by atoms with Crippen LogP contribution in [0.25, 0.3) is 89.7 Å². The molecule has 198 valence electrons. The van der Waals surface area contributed by atoms with Crippen molar-refractivity contribution in [2.24, 2.45) is 0 Å². The molecule has 2 N–H and O–H groups in total. The van der Waals surface area contributed by atoms with Crippen molar-refractivity contribution in [2.45, 2.75) is 0 Å². The van der Waals surface area contributed by atoms with Crippen LogP contribution >= 0.6 is 23.2 Å². The van der Waals surface area contributed by atoms with Gasteiger partial charge in [-0.2, -0.15) is 0 Å².